The lowest BCUT2D eigenvalue weighted by Gasteiger charge is -2.36. The highest BCUT2D eigenvalue weighted by molar-refractivity contribution is 14.1. The standard InChI is InChI=1S/C16H18IN3/c17-15-5-3-13(4-6-15)12-20-9-8-19-11-16(20)14-2-1-7-18-10-14/h1-7,10,16,19H,8-9,11-12H2. The molecule has 1 aromatic heterocycles. The molecule has 3 nitrogen and oxygen atoms in total. The first-order valence-electron chi connectivity index (χ1n) is 6.92. The summed E-state index contributed by atoms with van der Waals surface area (Å²) >= 11 is 2.35. The lowest BCUT2D eigenvalue weighted by molar-refractivity contribution is 0.153. The lowest BCUT2D eigenvalue weighted by Crippen LogP contribution is -2.45. The zero-order chi connectivity index (χ0) is 13.8. The van der Waals surface area contributed by atoms with Gasteiger partial charge in [-0.3, -0.25) is 9.88 Å². The minimum atomic E-state index is 0.414. The molecule has 0 spiro atoms. The van der Waals surface area contributed by atoms with Crippen LogP contribution in [0.4, 0.5) is 0 Å². The van der Waals surface area contributed by atoms with Crippen LogP contribution in [0.1, 0.15) is 17.2 Å². The Kier molecular flexibility index (Phi) is 4.65. The SMILES string of the molecule is Ic1ccc(CN2CCNCC2c2cccnc2)cc1. The monoisotopic (exact) mass is 379 g/mol. The van der Waals surface area contributed by atoms with Crippen LogP contribution in [-0.4, -0.2) is 29.5 Å². The van der Waals surface area contributed by atoms with Gasteiger partial charge in [0.1, 0.15) is 0 Å². The van der Waals surface area contributed by atoms with Crippen LogP contribution in [-0.2, 0) is 6.54 Å². The van der Waals surface area contributed by atoms with E-state index in [4.69, 9.17) is 0 Å². The highest BCUT2D eigenvalue weighted by Crippen LogP contribution is 2.23. The van der Waals surface area contributed by atoms with Crippen molar-refractivity contribution < 1.29 is 0 Å². The van der Waals surface area contributed by atoms with Gasteiger partial charge in [0.15, 0.2) is 0 Å². The summed E-state index contributed by atoms with van der Waals surface area (Å²) < 4.78 is 1.29. The van der Waals surface area contributed by atoms with Crippen molar-refractivity contribution in [3.05, 3.63) is 63.5 Å². The fourth-order valence-electron chi connectivity index (χ4n) is 2.66. The third-order valence-electron chi connectivity index (χ3n) is 3.72. The second kappa shape index (κ2) is 6.65. The van der Waals surface area contributed by atoms with Crippen molar-refractivity contribution >= 4 is 22.6 Å². The van der Waals surface area contributed by atoms with Gasteiger partial charge in [0.05, 0.1) is 0 Å². The van der Waals surface area contributed by atoms with Crippen molar-refractivity contribution in [2.24, 2.45) is 0 Å². The molecule has 3 rings (SSSR count). The van der Waals surface area contributed by atoms with Crippen LogP contribution in [0.25, 0.3) is 0 Å². The summed E-state index contributed by atoms with van der Waals surface area (Å²) in [6.45, 7) is 4.13. The predicted molar refractivity (Wildman–Crippen MR) is 89.4 cm³/mol. The molecule has 0 bridgehead atoms. The second-order valence-electron chi connectivity index (χ2n) is 5.10. The number of hydrogen-bond acceptors (Lipinski definition) is 3. The van der Waals surface area contributed by atoms with E-state index < -0.39 is 0 Å². The molecule has 104 valence electrons. The van der Waals surface area contributed by atoms with E-state index in [0.717, 1.165) is 26.2 Å². The van der Waals surface area contributed by atoms with Crippen molar-refractivity contribution in [2.75, 3.05) is 19.6 Å². The van der Waals surface area contributed by atoms with Gasteiger partial charge in [-0.2, -0.15) is 0 Å². The first kappa shape index (κ1) is 14.0. The number of aromatic nitrogens is 1. The van der Waals surface area contributed by atoms with E-state index in [-0.39, 0.29) is 0 Å². The fraction of sp³-hybridized carbons (Fsp3) is 0.312. The van der Waals surface area contributed by atoms with Gasteiger partial charge in [0, 0.05) is 48.2 Å². The fourth-order valence-corrected chi connectivity index (χ4v) is 3.02. The van der Waals surface area contributed by atoms with Crippen LogP contribution in [0.2, 0.25) is 0 Å². The Morgan fingerprint density at radius 3 is 2.85 bits per heavy atom. The molecule has 1 saturated heterocycles. The highest BCUT2D eigenvalue weighted by Gasteiger charge is 2.23. The van der Waals surface area contributed by atoms with Gasteiger partial charge in [0.2, 0.25) is 0 Å². The van der Waals surface area contributed by atoms with Crippen molar-refractivity contribution in [1.29, 1.82) is 0 Å². The van der Waals surface area contributed by atoms with Gasteiger partial charge in [-0.05, 0) is 51.9 Å². The molecule has 1 aromatic carbocycles. The number of pyridine rings is 1. The number of piperazine rings is 1. The summed E-state index contributed by atoms with van der Waals surface area (Å²) in [5, 5.41) is 3.49. The molecule has 1 fully saturated rings. The molecule has 2 heterocycles. The predicted octanol–water partition coefficient (Wildman–Crippen LogP) is 2.83. The maximum absolute atomic E-state index is 4.26. The zero-order valence-electron chi connectivity index (χ0n) is 11.3. The maximum Gasteiger partial charge on any atom is 0.0491 e. The van der Waals surface area contributed by atoms with Crippen molar-refractivity contribution in [3.8, 4) is 0 Å². The van der Waals surface area contributed by atoms with Gasteiger partial charge in [-0.25, -0.2) is 0 Å². The Labute approximate surface area is 133 Å². The van der Waals surface area contributed by atoms with E-state index >= 15 is 0 Å². The Hall–Kier alpha value is -0.980. The molecule has 0 radical (unpaired) electrons. The molecule has 4 heteroatoms. The lowest BCUT2D eigenvalue weighted by atomic mass is 10.0. The van der Waals surface area contributed by atoms with E-state index in [2.05, 4.69) is 68.1 Å². The molecule has 0 aliphatic carbocycles. The molecule has 1 aliphatic rings. The third-order valence-corrected chi connectivity index (χ3v) is 4.44. The molecule has 2 aromatic rings. The van der Waals surface area contributed by atoms with E-state index in [0.29, 0.717) is 6.04 Å². The molecular formula is C16H18IN3. The molecule has 0 saturated carbocycles. The van der Waals surface area contributed by atoms with Crippen LogP contribution < -0.4 is 5.32 Å². The number of hydrogen-bond donors (Lipinski definition) is 1. The van der Waals surface area contributed by atoms with Gasteiger partial charge in [-0.1, -0.05) is 18.2 Å². The average Bonchev–Trinajstić information content (AvgIpc) is 2.51. The molecule has 1 atom stereocenters. The largest absolute Gasteiger partial charge is 0.314 e. The van der Waals surface area contributed by atoms with Crippen LogP contribution in [0.5, 0.6) is 0 Å². The minimum absolute atomic E-state index is 0.414. The summed E-state index contributed by atoms with van der Waals surface area (Å²) in [7, 11) is 0. The third kappa shape index (κ3) is 3.37. The topological polar surface area (TPSA) is 28.2 Å². The summed E-state index contributed by atoms with van der Waals surface area (Å²) in [4.78, 5) is 6.79. The normalized spacial score (nSPS) is 19.9. The number of rotatable bonds is 3. The Morgan fingerprint density at radius 2 is 2.10 bits per heavy atom. The zero-order valence-corrected chi connectivity index (χ0v) is 13.5. The molecule has 1 unspecified atom stereocenters. The van der Waals surface area contributed by atoms with Crippen LogP contribution in [0.3, 0.4) is 0 Å². The number of nitrogens with one attached hydrogen (secondary N) is 1. The van der Waals surface area contributed by atoms with Crippen LogP contribution in [0, 0.1) is 3.57 Å². The first-order valence-corrected chi connectivity index (χ1v) is 8.00. The van der Waals surface area contributed by atoms with Crippen LogP contribution >= 0.6 is 22.6 Å². The summed E-state index contributed by atoms with van der Waals surface area (Å²) in [6.07, 6.45) is 3.82. The smallest absolute Gasteiger partial charge is 0.0491 e. The quantitative estimate of drug-likeness (QED) is 0.832. The van der Waals surface area contributed by atoms with E-state index in [9.17, 15) is 0 Å². The minimum Gasteiger partial charge on any atom is -0.314 e. The Morgan fingerprint density at radius 1 is 1.25 bits per heavy atom. The average molecular weight is 379 g/mol. The Balaban J connectivity index is 1.77. The number of halogens is 1. The highest BCUT2D eigenvalue weighted by atomic mass is 127. The van der Waals surface area contributed by atoms with Crippen molar-refractivity contribution in [3.63, 3.8) is 0 Å². The number of nitrogens with zero attached hydrogens (tertiary/aromatic N) is 2. The summed E-state index contributed by atoms with van der Waals surface area (Å²) in [5.41, 5.74) is 2.67. The molecular weight excluding hydrogens is 361 g/mol. The van der Waals surface area contributed by atoms with E-state index in [1.165, 1.54) is 14.7 Å². The van der Waals surface area contributed by atoms with Gasteiger partial charge >= 0.3 is 0 Å². The molecule has 20 heavy (non-hydrogen) atoms. The summed E-state index contributed by atoms with van der Waals surface area (Å²) in [6, 6.07) is 13.4. The van der Waals surface area contributed by atoms with E-state index in [1.807, 2.05) is 18.5 Å². The molecule has 1 aliphatic heterocycles. The van der Waals surface area contributed by atoms with Crippen molar-refractivity contribution in [2.45, 2.75) is 12.6 Å². The second-order valence-corrected chi connectivity index (χ2v) is 6.35. The van der Waals surface area contributed by atoms with Crippen molar-refractivity contribution in [1.82, 2.24) is 15.2 Å². The molecule has 0 amide bonds. The Bertz CT molecular complexity index is 541. The van der Waals surface area contributed by atoms with Crippen LogP contribution in [0.15, 0.2) is 48.8 Å². The van der Waals surface area contributed by atoms with Gasteiger partial charge in [0.25, 0.3) is 0 Å². The first-order chi connectivity index (χ1) is 9.83. The van der Waals surface area contributed by atoms with E-state index in [1.54, 1.807) is 0 Å². The summed E-state index contributed by atoms with van der Waals surface area (Å²) in [5.74, 6) is 0. The number of benzene rings is 1. The van der Waals surface area contributed by atoms with Gasteiger partial charge in [-0.15, -0.1) is 0 Å². The molecule has 1 N–H and O–H groups in total. The van der Waals surface area contributed by atoms with Gasteiger partial charge < -0.3 is 5.32 Å². The maximum atomic E-state index is 4.26.